The maximum absolute atomic E-state index is 11.0. The summed E-state index contributed by atoms with van der Waals surface area (Å²) in [6.07, 6.45) is 2.03. The van der Waals surface area contributed by atoms with Gasteiger partial charge >= 0.3 is 5.97 Å². The topological polar surface area (TPSA) is 38.3 Å². The van der Waals surface area contributed by atoms with E-state index in [0.717, 1.165) is 19.4 Å². The smallest absolute Gasteiger partial charge is 0.309 e. The molecular weight excluding hydrogens is 142 g/mol. The van der Waals surface area contributed by atoms with E-state index in [1.165, 1.54) is 7.11 Å². The average molecular weight is 157 g/mol. The number of carbonyl (C=O) groups excluding carboxylic acids is 1. The standard InChI is InChI=1S/C8H15NO2/c1-6-3-4-7(5-9-6)8(10)11-2/h6-7,9H,3-5H2,1-2H3/t6-,7?/m0/s1. The van der Waals surface area contributed by atoms with Crippen molar-refractivity contribution in [3.8, 4) is 0 Å². The Balaban J connectivity index is 2.33. The van der Waals surface area contributed by atoms with Crippen molar-refractivity contribution >= 4 is 5.97 Å². The van der Waals surface area contributed by atoms with Crippen LogP contribution in [0.2, 0.25) is 0 Å². The van der Waals surface area contributed by atoms with Crippen molar-refractivity contribution in [2.45, 2.75) is 25.8 Å². The molecular formula is C8H15NO2. The Labute approximate surface area is 67.1 Å². The van der Waals surface area contributed by atoms with Crippen LogP contribution in [0.15, 0.2) is 0 Å². The Bertz CT molecular complexity index is 139. The molecule has 64 valence electrons. The molecule has 0 aromatic rings. The summed E-state index contributed by atoms with van der Waals surface area (Å²) in [6.45, 7) is 2.90. The lowest BCUT2D eigenvalue weighted by Crippen LogP contribution is -2.40. The molecule has 0 amide bonds. The summed E-state index contributed by atoms with van der Waals surface area (Å²) in [5.41, 5.74) is 0. The highest BCUT2D eigenvalue weighted by atomic mass is 16.5. The van der Waals surface area contributed by atoms with Crippen LogP contribution in [0.4, 0.5) is 0 Å². The second-order valence-electron chi connectivity index (χ2n) is 3.11. The number of nitrogens with one attached hydrogen (secondary N) is 1. The van der Waals surface area contributed by atoms with Crippen LogP contribution in [0.1, 0.15) is 19.8 Å². The van der Waals surface area contributed by atoms with Crippen molar-refractivity contribution in [3.05, 3.63) is 0 Å². The van der Waals surface area contributed by atoms with E-state index in [9.17, 15) is 4.79 Å². The molecule has 0 spiro atoms. The van der Waals surface area contributed by atoms with Crippen molar-refractivity contribution in [1.29, 1.82) is 0 Å². The zero-order chi connectivity index (χ0) is 8.27. The molecule has 1 unspecified atom stereocenters. The van der Waals surface area contributed by atoms with Crippen LogP contribution in [0.5, 0.6) is 0 Å². The molecule has 1 rings (SSSR count). The largest absolute Gasteiger partial charge is 0.469 e. The highest BCUT2D eigenvalue weighted by Crippen LogP contribution is 2.14. The van der Waals surface area contributed by atoms with Gasteiger partial charge in [0.05, 0.1) is 13.0 Å². The van der Waals surface area contributed by atoms with Gasteiger partial charge in [-0.2, -0.15) is 0 Å². The molecule has 0 aromatic carbocycles. The molecule has 1 heterocycles. The first-order valence-corrected chi connectivity index (χ1v) is 4.05. The van der Waals surface area contributed by atoms with Crippen LogP contribution in [-0.4, -0.2) is 25.7 Å². The lowest BCUT2D eigenvalue weighted by atomic mass is 9.96. The molecule has 11 heavy (non-hydrogen) atoms. The summed E-state index contributed by atoms with van der Waals surface area (Å²) in [4.78, 5) is 11.0. The number of ether oxygens (including phenoxy) is 1. The summed E-state index contributed by atoms with van der Waals surface area (Å²) in [7, 11) is 1.44. The molecule has 0 saturated carbocycles. The maximum atomic E-state index is 11.0. The SMILES string of the molecule is COC(=O)C1CC[C@H](C)NC1. The van der Waals surface area contributed by atoms with Crippen LogP contribution >= 0.6 is 0 Å². The molecule has 0 aliphatic carbocycles. The Kier molecular flexibility index (Phi) is 2.88. The Hall–Kier alpha value is -0.570. The van der Waals surface area contributed by atoms with E-state index in [1.54, 1.807) is 0 Å². The molecule has 0 bridgehead atoms. The highest BCUT2D eigenvalue weighted by molar-refractivity contribution is 5.72. The van der Waals surface area contributed by atoms with Crippen LogP contribution in [0, 0.1) is 5.92 Å². The van der Waals surface area contributed by atoms with E-state index in [4.69, 9.17) is 0 Å². The number of carbonyl (C=O) groups is 1. The first-order valence-electron chi connectivity index (χ1n) is 4.05. The quantitative estimate of drug-likeness (QED) is 0.565. The summed E-state index contributed by atoms with van der Waals surface area (Å²) in [6, 6.07) is 0.552. The third-order valence-corrected chi connectivity index (χ3v) is 2.20. The summed E-state index contributed by atoms with van der Waals surface area (Å²) in [5.74, 6) is 0.000556. The lowest BCUT2D eigenvalue weighted by Gasteiger charge is -2.25. The number of esters is 1. The van der Waals surface area contributed by atoms with E-state index >= 15 is 0 Å². The van der Waals surface area contributed by atoms with Gasteiger partial charge in [0, 0.05) is 12.6 Å². The van der Waals surface area contributed by atoms with Gasteiger partial charge in [0.1, 0.15) is 0 Å². The zero-order valence-electron chi connectivity index (χ0n) is 7.09. The van der Waals surface area contributed by atoms with Crippen molar-refractivity contribution in [2.24, 2.45) is 5.92 Å². The van der Waals surface area contributed by atoms with Gasteiger partial charge in [-0.3, -0.25) is 4.79 Å². The fraction of sp³-hybridized carbons (Fsp3) is 0.875. The molecule has 0 radical (unpaired) electrons. The van der Waals surface area contributed by atoms with Gasteiger partial charge in [-0.15, -0.1) is 0 Å². The first-order chi connectivity index (χ1) is 5.24. The van der Waals surface area contributed by atoms with Gasteiger partial charge in [0.25, 0.3) is 0 Å². The minimum absolute atomic E-state index is 0.0793. The number of piperidine rings is 1. The fourth-order valence-electron chi connectivity index (χ4n) is 1.37. The maximum Gasteiger partial charge on any atom is 0.309 e. The van der Waals surface area contributed by atoms with Gasteiger partial charge in [0.15, 0.2) is 0 Å². The predicted molar refractivity (Wildman–Crippen MR) is 42.2 cm³/mol. The van der Waals surface area contributed by atoms with Crippen LogP contribution in [-0.2, 0) is 9.53 Å². The number of hydrogen-bond acceptors (Lipinski definition) is 3. The van der Waals surface area contributed by atoms with Crippen molar-refractivity contribution in [1.82, 2.24) is 5.32 Å². The predicted octanol–water partition coefficient (Wildman–Crippen LogP) is 0.547. The number of rotatable bonds is 1. The van der Waals surface area contributed by atoms with E-state index in [-0.39, 0.29) is 11.9 Å². The van der Waals surface area contributed by atoms with E-state index in [2.05, 4.69) is 17.0 Å². The van der Waals surface area contributed by atoms with Crippen molar-refractivity contribution in [3.63, 3.8) is 0 Å². The average Bonchev–Trinajstić information content (AvgIpc) is 2.05. The molecule has 3 nitrogen and oxygen atoms in total. The van der Waals surface area contributed by atoms with Crippen molar-refractivity contribution in [2.75, 3.05) is 13.7 Å². The number of hydrogen-bond donors (Lipinski definition) is 1. The number of methoxy groups -OCH3 is 1. The van der Waals surface area contributed by atoms with Gasteiger partial charge in [0.2, 0.25) is 0 Å². The monoisotopic (exact) mass is 157 g/mol. The molecule has 1 aliphatic rings. The first kappa shape index (κ1) is 8.53. The van der Waals surface area contributed by atoms with Gasteiger partial charge < -0.3 is 10.1 Å². The van der Waals surface area contributed by atoms with Gasteiger partial charge in [-0.05, 0) is 19.8 Å². The molecule has 3 heteroatoms. The minimum Gasteiger partial charge on any atom is -0.469 e. The Morgan fingerprint density at radius 1 is 1.55 bits per heavy atom. The Morgan fingerprint density at radius 3 is 2.73 bits per heavy atom. The lowest BCUT2D eigenvalue weighted by molar-refractivity contribution is -0.146. The fourth-order valence-corrected chi connectivity index (χ4v) is 1.37. The molecule has 2 atom stereocenters. The zero-order valence-corrected chi connectivity index (χ0v) is 7.09. The molecule has 1 fully saturated rings. The van der Waals surface area contributed by atoms with Crippen LogP contribution in [0.25, 0.3) is 0 Å². The summed E-state index contributed by atoms with van der Waals surface area (Å²) in [5, 5.41) is 3.25. The van der Waals surface area contributed by atoms with Crippen molar-refractivity contribution < 1.29 is 9.53 Å². The summed E-state index contributed by atoms with van der Waals surface area (Å²) >= 11 is 0. The second kappa shape index (κ2) is 3.72. The van der Waals surface area contributed by atoms with Crippen LogP contribution < -0.4 is 5.32 Å². The van der Waals surface area contributed by atoms with Gasteiger partial charge in [-0.1, -0.05) is 0 Å². The molecule has 1 aliphatic heterocycles. The minimum atomic E-state index is -0.0793. The third-order valence-electron chi connectivity index (χ3n) is 2.20. The second-order valence-corrected chi connectivity index (χ2v) is 3.11. The summed E-state index contributed by atoms with van der Waals surface area (Å²) < 4.78 is 4.65. The Morgan fingerprint density at radius 2 is 2.27 bits per heavy atom. The van der Waals surface area contributed by atoms with Crippen LogP contribution in [0.3, 0.4) is 0 Å². The van der Waals surface area contributed by atoms with E-state index < -0.39 is 0 Å². The third kappa shape index (κ3) is 2.19. The van der Waals surface area contributed by atoms with E-state index in [0.29, 0.717) is 6.04 Å². The van der Waals surface area contributed by atoms with E-state index in [1.807, 2.05) is 0 Å². The highest BCUT2D eigenvalue weighted by Gasteiger charge is 2.23. The normalized spacial score (nSPS) is 31.5. The van der Waals surface area contributed by atoms with Gasteiger partial charge in [-0.25, -0.2) is 0 Å². The molecule has 1 N–H and O–H groups in total. The molecule has 0 aromatic heterocycles. The molecule has 1 saturated heterocycles.